The van der Waals surface area contributed by atoms with Crippen LogP contribution in [0, 0.1) is 0 Å². The van der Waals surface area contributed by atoms with Crippen molar-refractivity contribution in [3.05, 3.63) is 139 Å². The molecule has 0 bridgehead atoms. The van der Waals surface area contributed by atoms with Crippen LogP contribution in [0.2, 0.25) is 0 Å². The summed E-state index contributed by atoms with van der Waals surface area (Å²) < 4.78 is 2.19. The second-order valence-corrected chi connectivity index (χ2v) is 8.07. The standard InChI is InChI=1S/C29H26N3/c1-22-28(26-17-9-11-19-30-26)25(29(22)27-18-10-12-20-31(27)2)21-32(23-13-5-3-6-14-23)24-15-7-4-8-16-24/h3-20,29H,1,21H2,2H3/q+1/t29-/m1/s1. The fourth-order valence-corrected chi connectivity index (χ4v) is 4.55. The van der Waals surface area contributed by atoms with Gasteiger partial charge in [0.25, 0.3) is 0 Å². The fourth-order valence-electron chi connectivity index (χ4n) is 4.55. The van der Waals surface area contributed by atoms with Crippen molar-refractivity contribution in [2.24, 2.45) is 7.05 Å². The van der Waals surface area contributed by atoms with Crippen LogP contribution >= 0.6 is 0 Å². The predicted molar refractivity (Wildman–Crippen MR) is 131 cm³/mol. The van der Waals surface area contributed by atoms with Crippen LogP contribution in [0.5, 0.6) is 0 Å². The lowest BCUT2D eigenvalue weighted by atomic mass is 9.69. The number of aryl methyl sites for hydroxylation is 1. The minimum atomic E-state index is 0.160. The molecule has 2 aromatic carbocycles. The zero-order valence-electron chi connectivity index (χ0n) is 18.2. The molecule has 0 saturated carbocycles. The second kappa shape index (κ2) is 8.64. The number of anilines is 2. The first-order valence-corrected chi connectivity index (χ1v) is 10.9. The largest absolute Gasteiger partial charge is 0.337 e. The first kappa shape index (κ1) is 20.0. The minimum absolute atomic E-state index is 0.160. The molecule has 0 unspecified atom stereocenters. The van der Waals surface area contributed by atoms with Crippen molar-refractivity contribution in [3.63, 3.8) is 0 Å². The van der Waals surface area contributed by atoms with Crippen LogP contribution in [0.1, 0.15) is 17.3 Å². The van der Waals surface area contributed by atoms with E-state index < -0.39 is 0 Å². The van der Waals surface area contributed by atoms with E-state index in [1.165, 1.54) is 28.2 Å². The summed E-state index contributed by atoms with van der Waals surface area (Å²) in [5, 5.41) is 0. The molecule has 0 N–H and O–H groups in total. The van der Waals surface area contributed by atoms with Gasteiger partial charge in [0.15, 0.2) is 11.9 Å². The van der Waals surface area contributed by atoms with Crippen molar-refractivity contribution in [1.29, 1.82) is 0 Å². The molecule has 1 atom stereocenters. The summed E-state index contributed by atoms with van der Waals surface area (Å²) >= 11 is 0. The molecule has 0 saturated heterocycles. The van der Waals surface area contributed by atoms with Gasteiger partial charge in [0, 0.05) is 41.8 Å². The van der Waals surface area contributed by atoms with E-state index in [9.17, 15) is 0 Å². The maximum Gasteiger partial charge on any atom is 0.192 e. The number of hydrogen-bond acceptors (Lipinski definition) is 2. The van der Waals surface area contributed by atoms with Crippen molar-refractivity contribution >= 4 is 16.9 Å². The normalized spacial score (nSPS) is 15.4. The number of nitrogens with zero attached hydrogens (tertiary/aromatic N) is 3. The van der Waals surface area contributed by atoms with Crippen LogP contribution in [0.3, 0.4) is 0 Å². The number of benzene rings is 2. The van der Waals surface area contributed by atoms with Crippen molar-refractivity contribution in [1.82, 2.24) is 4.98 Å². The maximum absolute atomic E-state index is 4.66. The van der Waals surface area contributed by atoms with Crippen molar-refractivity contribution in [2.45, 2.75) is 5.92 Å². The predicted octanol–water partition coefficient (Wildman–Crippen LogP) is 5.85. The monoisotopic (exact) mass is 416 g/mol. The van der Waals surface area contributed by atoms with Crippen LogP contribution in [0.25, 0.3) is 5.57 Å². The van der Waals surface area contributed by atoms with Crippen molar-refractivity contribution in [3.8, 4) is 0 Å². The molecule has 32 heavy (non-hydrogen) atoms. The lowest BCUT2D eigenvalue weighted by Crippen LogP contribution is -2.40. The lowest BCUT2D eigenvalue weighted by Gasteiger charge is -2.38. The van der Waals surface area contributed by atoms with Gasteiger partial charge in [-0.15, -0.1) is 0 Å². The molecule has 0 radical (unpaired) electrons. The highest BCUT2D eigenvalue weighted by Crippen LogP contribution is 2.50. The zero-order chi connectivity index (χ0) is 21.9. The Bertz CT molecular complexity index is 1220. The molecule has 3 nitrogen and oxygen atoms in total. The van der Waals surface area contributed by atoms with E-state index in [0.29, 0.717) is 0 Å². The number of aromatic nitrogens is 2. The molecular formula is C29H26N3+. The third-order valence-corrected chi connectivity index (χ3v) is 6.12. The Labute approximate surface area is 189 Å². The minimum Gasteiger partial charge on any atom is -0.337 e. The Kier molecular flexibility index (Phi) is 5.39. The number of pyridine rings is 2. The molecule has 1 aliphatic carbocycles. The van der Waals surface area contributed by atoms with Crippen LogP contribution < -0.4 is 9.47 Å². The van der Waals surface area contributed by atoms with Gasteiger partial charge in [0.05, 0.1) is 11.6 Å². The first-order chi connectivity index (χ1) is 15.7. The summed E-state index contributed by atoms with van der Waals surface area (Å²) in [6.07, 6.45) is 3.96. The molecule has 5 rings (SSSR count). The fraction of sp³-hybridized carbons (Fsp3) is 0.103. The molecule has 156 valence electrons. The van der Waals surface area contributed by atoms with E-state index in [2.05, 4.69) is 119 Å². The number of rotatable bonds is 6. The van der Waals surface area contributed by atoms with Crippen LogP contribution in [-0.2, 0) is 7.05 Å². The molecule has 1 aliphatic rings. The highest BCUT2D eigenvalue weighted by atomic mass is 15.1. The Morgan fingerprint density at radius 1 is 0.812 bits per heavy atom. The van der Waals surface area contributed by atoms with Gasteiger partial charge in [0.1, 0.15) is 7.05 Å². The Hall–Kier alpha value is -3.98. The van der Waals surface area contributed by atoms with Gasteiger partial charge >= 0.3 is 0 Å². The summed E-state index contributed by atoms with van der Waals surface area (Å²) in [4.78, 5) is 7.04. The molecular weight excluding hydrogens is 390 g/mol. The zero-order valence-corrected chi connectivity index (χ0v) is 18.2. The smallest absolute Gasteiger partial charge is 0.192 e. The van der Waals surface area contributed by atoms with Crippen LogP contribution in [-0.4, -0.2) is 11.5 Å². The van der Waals surface area contributed by atoms with Gasteiger partial charge < -0.3 is 4.90 Å². The van der Waals surface area contributed by atoms with Gasteiger partial charge in [-0.25, -0.2) is 4.57 Å². The summed E-state index contributed by atoms with van der Waals surface area (Å²) in [6, 6.07) is 33.6. The molecule has 2 aromatic heterocycles. The van der Waals surface area contributed by atoms with Gasteiger partial charge in [-0.1, -0.05) is 55.1 Å². The molecule has 4 aromatic rings. The van der Waals surface area contributed by atoms with Crippen LogP contribution in [0.15, 0.2) is 127 Å². The van der Waals surface area contributed by atoms with E-state index in [1.54, 1.807) is 0 Å². The summed E-state index contributed by atoms with van der Waals surface area (Å²) in [5.41, 5.74) is 8.21. The Morgan fingerprint density at radius 3 is 2.03 bits per heavy atom. The van der Waals surface area contributed by atoms with Crippen LogP contribution in [0.4, 0.5) is 11.4 Å². The van der Waals surface area contributed by atoms with Gasteiger partial charge in [0.2, 0.25) is 0 Å². The van der Waals surface area contributed by atoms with Crippen molar-refractivity contribution < 1.29 is 4.57 Å². The molecule has 0 aliphatic heterocycles. The molecule has 0 fully saturated rings. The molecule has 2 heterocycles. The summed E-state index contributed by atoms with van der Waals surface area (Å²) in [6.45, 7) is 5.25. The summed E-state index contributed by atoms with van der Waals surface area (Å²) in [5.74, 6) is 0.160. The second-order valence-electron chi connectivity index (χ2n) is 8.07. The first-order valence-electron chi connectivity index (χ1n) is 10.9. The van der Waals surface area contributed by atoms with Gasteiger partial charge in [-0.3, -0.25) is 4.98 Å². The molecule has 0 amide bonds. The maximum atomic E-state index is 4.66. The van der Waals surface area contributed by atoms with E-state index >= 15 is 0 Å². The topological polar surface area (TPSA) is 20.0 Å². The van der Waals surface area contributed by atoms with Gasteiger partial charge in [-0.05, 0) is 47.5 Å². The Morgan fingerprint density at radius 2 is 1.44 bits per heavy atom. The number of allylic oxidation sites excluding steroid dienone is 2. The quantitative estimate of drug-likeness (QED) is 0.367. The highest BCUT2D eigenvalue weighted by Gasteiger charge is 2.41. The van der Waals surface area contributed by atoms with E-state index in [-0.39, 0.29) is 5.92 Å². The summed E-state index contributed by atoms with van der Waals surface area (Å²) in [7, 11) is 2.10. The third kappa shape index (κ3) is 3.63. The Balaban J connectivity index is 1.64. The van der Waals surface area contributed by atoms with E-state index in [1.807, 2.05) is 18.3 Å². The SMILES string of the molecule is C=C1C(c2ccccn2)=C(CN(c2ccccc2)c2ccccc2)[C@@H]1c1cccc[n+]1C. The lowest BCUT2D eigenvalue weighted by molar-refractivity contribution is -0.679. The average molecular weight is 417 g/mol. The molecule has 3 heteroatoms. The molecule has 0 spiro atoms. The van der Waals surface area contributed by atoms with Gasteiger partial charge in [-0.2, -0.15) is 0 Å². The van der Waals surface area contributed by atoms with E-state index in [0.717, 1.165) is 17.8 Å². The number of hydrogen-bond donors (Lipinski definition) is 0. The number of para-hydroxylation sites is 2. The highest BCUT2D eigenvalue weighted by molar-refractivity contribution is 5.91. The third-order valence-electron chi connectivity index (χ3n) is 6.12. The average Bonchev–Trinajstić information content (AvgIpc) is 2.85. The van der Waals surface area contributed by atoms with Crippen molar-refractivity contribution in [2.75, 3.05) is 11.4 Å². The van der Waals surface area contributed by atoms with E-state index in [4.69, 9.17) is 0 Å².